The first-order valence-electron chi connectivity index (χ1n) is 4.70. The first-order valence-corrected chi connectivity index (χ1v) is 5.11. The monoisotopic (exact) mass is 186 g/mol. The summed E-state index contributed by atoms with van der Waals surface area (Å²) in [5, 5.41) is 0.528. The zero-order valence-corrected chi connectivity index (χ0v) is 8.57. The third kappa shape index (κ3) is 2.97. The molecule has 1 aliphatic carbocycles. The molecule has 0 unspecified atom stereocenters. The van der Waals surface area contributed by atoms with Crippen molar-refractivity contribution in [2.24, 2.45) is 11.7 Å². The summed E-state index contributed by atoms with van der Waals surface area (Å²) in [7, 11) is 1.98. The Kier molecular flexibility index (Phi) is 3.79. The molecule has 0 amide bonds. The molecule has 1 rings (SSSR count). The van der Waals surface area contributed by atoms with Gasteiger partial charge < -0.3 is 10.6 Å². The Balaban J connectivity index is 2.24. The van der Waals surface area contributed by atoms with Crippen molar-refractivity contribution in [3.8, 4) is 0 Å². The van der Waals surface area contributed by atoms with Crippen molar-refractivity contribution in [1.82, 2.24) is 4.90 Å². The van der Waals surface area contributed by atoms with Crippen LogP contribution in [0.3, 0.4) is 0 Å². The van der Waals surface area contributed by atoms with Gasteiger partial charge in [-0.05, 0) is 31.0 Å². The molecule has 1 saturated carbocycles. The van der Waals surface area contributed by atoms with E-state index in [0.29, 0.717) is 5.11 Å². The van der Waals surface area contributed by atoms with Gasteiger partial charge >= 0.3 is 0 Å². The second kappa shape index (κ2) is 4.65. The Morgan fingerprint density at radius 2 is 2.00 bits per heavy atom. The van der Waals surface area contributed by atoms with Gasteiger partial charge in [0.25, 0.3) is 0 Å². The van der Waals surface area contributed by atoms with Crippen molar-refractivity contribution in [2.45, 2.75) is 32.1 Å². The van der Waals surface area contributed by atoms with Crippen molar-refractivity contribution < 1.29 is 0 Å². The minimum atomic E-state index is 0.528. The van der Waals surface area contributed by atoms with Gasteiger partial charge in [-0.2, -0.15) is 0 Å². The Morgan fingerprint density at radius 3 is 2.50 bits per heavy atom. The van der Waals surface area contributed by atoms with E-state index in [1.165, 1.54) is 32.1 Å². The topological polar surface area (TPSA) is 29.3 Å². The molecule has 0 aromatic carbocycles. The van der Waals surface area contributed by atoms with E-state index in [-0.39, 0.29) is 0 Å². The Bertz CT molecular complexity index is 153. The molecular weight excluding hydrogens is 168 g/mol. The first-order chi connectivity index (χ1) is 5.70. The SMILES string of the molecule is CN(CC1CCCCC1)C(N)=S. The van der Waals surface area contributed by atoms with E-state index in [9.17, 15) is 0 Å². The maximum atomic E-state index is 5.51. The highest BCUT2D eigenvalue weighted by Crippen LogP contribution is 2.23. The molecule has 12 heavy (non-hydrogen) atoms. The molecule has 0 aromatic heterocycles. The molecular formula is C9H18N2S. The van der Waals surface area contributed by atoms with E-state index in [1.54, 1.807) is 0 Å². The molecule has 2 N–H and O–H groups in total. The average Bonchev–Trinajstić information content (AvgIpc) is 2.06. The van der Waals surface area contributed by atoms with E-state index >= 15 is 0 Å². The van der Waals surface area contributed by atoms with Gasteiger partial charge in [-0.25, -0.2) is 0 Å². The Hall–Kier alpha value is -0.310. The van der Waals surface area contributed by atoms with Gasteiger partial charge in [0.05, 0.1) is 0 Å². The lowest BCUT2D eigenvalue weighted by molar-refractivity contribution is 0.297. The Morgan fingerprint density at radius 1 is 1.42 bits per heavy atom. The molecule has 0 radical (unpaired) electrons. The van der Waals surface area contributed by atoms with Gasteiger partial charge in [-0.3, -0.25) is 0 Å². The van der Waals surface area contributed by atoms with Crippen LogP contribution < -0.4 is 5.73 Å². The molecule has 0 atom stereocenters. The van der Waals surface area contributed by atoms with Crippen LogP contribution in [0.1, 0.15) is 32.1 Å². The van der Waals surface area contributed by atoms with Crippen LogP contribution in [0.15, 0.2) is 0 Å². The van der Waals surface area contributed by atoms with Crippen LogP contribution >= 0.6 is 12.2 Å². The van der Waals surface area contributed by atoms with Crippen LogP contribution in [-0.2, 0) is 0 Å². The highest BCUT2D eigenvalue weighted by Gasteiger charge is 2.15. The molecule has 1 fully saturated rings. The van der Waals surface area contributed by atoms with Crippen molar-refractivity contribution in [2.75, 3.05) is 13.6 Å². The highest BCUT2D eigenvalue weighted by atomic mass is 32.1. The maximum Gasteiger partial charge on any atom is 0.166 e. The zero-order valence-electron chi connectivity index (χ0n) is 7.75. The molecule has 0 aromatic rings. The normalized spacial score (nSPS) is 19.1. The molecule has 3 heteroatoms. The standard InChI is InChI=1S/C9H18N2S/c1-11(9(10)12)7-8-5-3-2-4-6-8/h8H,2-7H2,1H3,(H2,10,12). The van der Waals surface area contributed by atoms with Gasteiger partial charge in [-0.15, -0.1) is 0 Å². The van der Waals surface area contributed by atoms with Crippen molar-refractivity contribution >= 4 is 17.3 Å². The predicted octanol–water partition coefficient (Wildman–Crippen LogP) is 1.74. The number of thiocarbonyl (C=S) groups is 1. The molecule has 0 bridgehead atoms. The van der Waals surface area contributed by atoms with Crippen LogP contribution in [-0.4, -0.2) is 23.6 Å². The summed E-state index contributed by atoms with van der Waals surface area (Å²) in [6.45, 7) is 1.05. The summed E-state index contributed by atoms with van der Waals surface area (Å²) in [4.78, 5) is 1.99. The van der Waals surface area contributed by atoms with Gasteiger partial charge in [-0.1, -0.05) is 19.3 Å². The third-order valence-corrected chi connectivity index (χ3v) is 2.94. The summed E-state index contributed by atoms with van der Waals surface area (Å²) in [6, 6.07) is 0. The van der Waals surface area contributed by atoms with E-state index in [4.69, 9.17) is 18.0 Å². The van der Waals surface area contributed by atoms with E-state index in [1.807, 2.05) is 11.9 Å². The lowest BCUT2D eigenvalue weighted by Crippen LogP contribution is -2.36. The number of nitrogens with zero attached hydrogens (tertiary/aromatic N) is 1. The fourth-order valence-corrected chi connectivity index (χ4v) is 1.92. The van der Waals surface area contributed by atoms with E-state index < -0.39 is 0 Å². The zero-order chi connectivity index (χ0) is 8.97. The quantitative estimate of drug-likeness (QED) is 0.666. The minimum absolute atomic E-state index is 0.528. The third-order valence-electron chi connectivity index (χ3n) is 2.63. The van der Waals surface area contributed by atoms with Crippen LogP contribution in [0.4, 0.5) is 0 Å². The molecule has 70 valence electrons. The molecule has 0 aliphatic heterocycles. The van der Waals surface area contributed by atoms with Gasteiger partial charge in [0.15, 0.2) is 5.11 Å². The molecule has 0 saturated heterocycles. The van der Waals surface area contributed by atoms with Crippen molar-refractivity contribution in [1.29, 1.82) is 0 Å². The summed E-state index contributed by atoms with van der Waals surface area (Å²) < 4.78 is 0. The summed E-state index contributed by atoms with van der Waals surface area (Å²) in [6.07, 6.45) is 6.89. The number of hydrogen-bond acceptors (Lipinski definition) is 1. The summed E-state index contributed by atoms with van der Waals surface area (Å²) >= 11 is 4.89. The van der Waals surface area contributed by atoms with Gasteiger partial charge in [0.2, 0.25) is 0 Å². The van der Waals surface area contributed by atoms with E-state index in [2.05, 4.69) is 0 Å². The number of rotatable bonds is 2. The predicted molar refractivity (Wildman–Crippen MR) is 56.0 cm³/mol. The number of nitrogens with two attached hydrogens (primary N) is 1. The molecule has 0 spiro atoms. The maximum absolute atomic E-state index is 5.51. The van der Waals surface area contributed by atoms with Crippen LogP contribution in [0.25, 0.3) is 0 Å². The van der Waals surface area contributed by atoms with Gasteiger partial charge in [0.1, 0.15) is 0 Å². The summed E-state index contributed by atoms with van der Waals surface area (Å²) in [5.41, 5.74) is 5.51. The number of hydrogen-bond donors (Lipinski definition) is 1. The summed E-state index contributed by atoms with van der Waals surface area (Å²) in [5.74, 6) is 0.824. The van der Waals surface area contributed by atoms with Crippen molar-refractivity contribution in [3.05, 3.63) is 0 Å². The lowest BCUT2D eigenvalue weighted by Gasteiger charge is -2.27. The van der Waals surface area contributed by atoms with E-state index in [0.717, 1.165) is 12.5 Å². The second-order valence-corrected chi connectivity index (χ2v) is 4.14. The van der Waals surface area contributed by atoms with Crippen molar-refractivity contribution in [3.63, 3.8) is 0 Å². The Labute approximate surface area is 80.1 Å². The van der Waals surface area contributed by atoms with Gasteiger partial charge in [0, 0.05) is 13.6 Å². The smallest absolute Gasteiger partial charge is 0.166 e. The molecule has 1 aliphatic rings. The van der Waals surface area contributed by atoms with Crippen LogP contribution in [0.2, 0.25) is 0 Å². The first kappa shape index (κ1) is 9.78. The van der Waals surface area contributed by atoms with Crippen LogP contribution in [0, 0.1) is 5.92 Å². The lowest BCUT2D eigenvalue weighted by atomic mass is 9.89. The highest BCUT2D eigenvalue weighted by molar-refractivity contribution is 7.80. The second-order valence-electron chi connectivity index (χ2n) is 3.72. The molecule has 2 nitrogen and oxygen atoms in total. The fraction of sp³-hybridized carbons (Fsp3) is 0.889. The largest absolute Gasteiger partial charge is 0.376 e. The van der Waals surface area contributed by atoms with Crippen LogP contribution in [0.5, 0.6) is 0 Å². The fourth-order valence-electron chi connectivity index (χ4n) is 1.85. The minimum Gasteiger partial charge on any atom is -0.376 e. The molecule has 0 heterocycles. The average molecular weight is 186 g/mol.